The molecule has 0 unspecified atom stereocenters. The van der Waals surface area contributed by atoms with Crippen molar-refractivity contribution in [3.63, 3.8) is 0 Å². The number of fused-ring (bicyclic) bond motifs is 2. The van der Waals surface area contributed by atoms with Crippen molar-refractivity contribution in [3.8, 4) is 11.5 Å². The molecular weight excluding hydrogens is 487 g/mol. The zero-order valence-electron chi connectivity index (χ0n) is 18.5. The normalized spacial score (nSPS) is 16.0. The second kappa shape index (κ2) is 9.31. The molecule has 2 amide bonds. The van der Waals surface area contributed by atoms with E-state index in [-0.39, 0.29) is 12.1 Å². The summed E-state index contributed by atoms with van der Waals surface area (Å²) in [7, 11) is 0. The number of nitrogens with one attached hydrogen (secondary N) is 3. The predicted molar refractivity (Wildman–Crippen MR) is 124 cm³/mol. The summed E-state index contributed by atoms with van der Waals surface area (Å²) in [5.74, 6) is 0.848. The first-order valence-corrected chi connectivity index (χ1v) is 12.9. The Hall–Kier alpha value is -2.44. The minimum Gasteiger partial charge on any atom is -0.334 e. The summed E-state index contributed by atoms with van der Waals surface area (Å²) in [5.41, 5.74) is 2.70. The van der Waals surface area contributed by atoms with E-state index in [0.717, 1.165) is 54.6 Å². The van der Waals surface area contributed by atoms with Gasteiger partial charge >= 0.3 is 12.2 Å². The Morgan fingerprint density at radius 2 is 1.94 bits per heavy atom. The zero-order valence-corrected chi connectivity index (χ0v) is 20.2. The monoisotopic (exact) mass is 511 g/mol. The minimum absolute atomic E-state index is 0.166. The maximum atomic E-state index is 13.7. The van der Waals surface area contributed by atoms with Crippen LogP contribution in [-0.2, 0) is 38.5 Å². The summed E-state index contributed by atoms with van der Waals surface area (Å²) < 4.78 is 46.4. The predicted octanol–water partition coefficient (Wildman–Crippen LogP) is 5.42. The van der Waals surface area contributed by atoms with E-state index >= 15 is 0 Å². The molecular formula is C22H24F3N5O2S2. The van der Waals surface area contributed by atoms with Crippen LogP contribution in [0.3, 0.4) is 0 Å². The third-order valence-electron chi connectivity index (χ3n) is 6.11. The zero-order chi connectivity index (χ0) is 23.9. The first-order valence-electron chi connectivity index (χ1n) is 11.2. The Balaban J connectivity index is 1.39. The molecule has 3 N–H and O–H groups in total. The van der Waals surface area contributed by atoms with Gasteiger partial charge in [0.25, 0.3) is 5.89 Å². The first kappa shape index (κ1) is 23.3. The molecule has 0 fully saturated rings. The molecule has 0 aromatic carbocycles. The Bertz CT molecular complexity index is 1210. The third-order valence-corrected chi connectivity index (χ3v) is 8.64. The summed E-state index contributed by atoms with van der Waals surface area (Å²) in [6.07, 6.45) is 1.06. The second-order valence-corrected chi connectivity index (χ2v) is 10.7. The molecule has 0 saturated carbocycles. The van der Waals surface area contributed by atoms with Crippen LogP contribution in [0.15, 0.2) is 4.52 Å². The van der Waals surface area contributed by atoms with Crippen molar-refractivity contribution in [2.24, 2.45) is 0 Å². The molecule has 1 aliphatic carbocycles. The number of hydrogen-bond acceptors (Lipinski definition) is 7. The Morgan fingerprint density at radius 3 is 2.71 bits per heavy atom. The van der Waals surface area contributed by atoms with E-state index in [2.05, 4.69) is 26.1 Å². The molecule has 3 aromatic rings. The van der Waals surface area contributed by atoms with E-state index in [9.17, 15) is 18.0 Å². The van der Waals surface area contributed by atoms with Crippen molar-refractivity contribution in [3.05, 3.63) is 37.1 Å². The molecule has 182 valence electrons. The average Bonchev–Trinajstić information content (AvgIpc) is 3.42. The van der Waals surface area contributed by atoms with Gasteiger partial charge in [-0.15, -0.1) is 22.7 Å². The number of carbonyl (C=O) groups is 1. The number of halogens is 3. The Morgan fingerprint density at radius 1 is 1.12 bits per heavy atom. The lowest BCUT2D eigenvalue weighted by molar-refractivity contribution is -0.135. The molecule has 34 heavy (non-hydrogen) atoms. The largest absolute Gasteiger partial charge is 0.425 e. The van der Waals surface area contributed by atoms with Gasteiger partial charge in [-0.05, 0) is 62.3 Å². The SMILES string of the molecule is Cc1noc(-c2c(NC(=O)NCc3c(C(F)(F)F)sc4c3CCNC4)sc3c2CCCCC3)n1. The molecule has 0 bridgehead atoms. The molecule has 12 heteroatoms. The average molecular weight is 512 g/mol. The van der Waals surface area contributed by atoms with Crippen LogP contribution in [0.25, 0.3) is 11.5 Å². The van der Waals surface area contributed by atoms with E-state index in [0.29, 0.717) is 46.7 Å². The van der Waals surface area contributed by atoms with Gasteiger partial charge in [0, 0.05) is 22.8 Å². The van der Waals surface area contributed by atoms with Crippen LogP contribution in [0.2, 0.25) is 0 Å². The quantitative estimate of drug-likeness (QED) is 0.407. The van der Waals surface area contributed by atoms with Crippen LogP contribution in [-0.4, -0.2) is 22.7 Å². The molecule has 2 aliphatic rings. The molecule has 5 rings (SSSR count). The highest BCUT2D eigenvalue weighted by Crippen LogP contribution is 2.44. The maximum Gasteiger partial charge on any atom is 0.425 e. The number of aryl methyl sites for hydroxylation is 2. The number of rotatable bonds is 4. The third kappa shape index (κ3) is 4.58. The maximum absolute atomic E-state index is 13.7. The van der Waals surface area contributed by atoms with Crippen molar-refractivity contribution in [2.45, 2.75) is 64.7 Å². The lowest BCUT2D eigenvalue weighted by atomic mass is 10.0. The fourth-order valence-corrected chi connectivity index (χ4v) is 7.07. The lowest BCUT2D eigenvalue weighted by Crippen LogP contribution is -2.30. The summed E-state index contributed by atoms with van der Waals surface area (Å²) in [6, 6.07) is -0.559. The first-order chi connectivity index (χ1) is 16.3. The van der Waals surface area contributed by atoms with Crippen LogP contribution < -0.4 is 16.0 Å². The van der Waals surface area contributed by atoms with E-state index in [4.69, 9.17) is 4.52 Å². The summed E-state index contributed by atoms with van der Waals surface area (Å²) in [6.45, 7) is 2.58. The van der Waals surface area contributed by atoms with Crippen LogP contribution in [0.1, 0.15) is 56.4 Å². The minimum atomic E-state index is -4.45. The fourth-order valence-electron chi connectivity index (χ4n) is 4.59. The van der Waals surface area contributed by atoms with Gasteiger partial charge in [0.1, 0.15) is 9.88 Å². The number of carbonyl (C=O) groups excluding carboxylic acids is 1. The molecule has 0 atom stereocenters. The summed E-state index contributed by atoms with van der Waals surface area (Å²) in [5, 5.41) is 13.1. The van der Waals surface area contributed by atoms with Crippen molar-refractivity contribution >= 4 is 33.7 Å². The van der Waals surface area contributed by atoms with E-state index in [1.165, 1.54) is 16.2 Å². The number of amides is 2. The molecule has 7 nitrogen and oxygen atoms in total. The summed E-state index contributed by atoms with van der Waals surface area (Å²) in [4.78, 5) is 18.4. The number of nitrogens with zero attached hydrogens (tertiary/aromatic N) is 2. The topological polar surface area (TPSA) is 92.1 Å². The van der Waals surface area contributed by atoms with Gasteiger partial charge in [-0.3, -0.25) is 5.32 Å². The standard InChI is InChI=1S/C22H24F3N5O2S2/c1-11-28-19(32-30-11)17-13-5-3-2-4-6-15(13)34-20(17)29-21(31)27-9-14-12-7-8-26-10-16(12)33-18(14)22(23,24)25/h26H,2-10H2,1H3,(H2,27,29,31). The highest BCUT2D eigenvalue weighted by molar-refractivity contribution is 7.17. The molecule has 4 heterocycles. The van der Waals surface area contributed by atoms with Crippen LogP contribution in [0.5, 0.6) is 0 Å². The molecule has 3 aromatic heterocycles. The fraction of sp³-hybridized carbons (Fsp3) is 0.500. The summed E-state index contributed by atoms with van der Waals surface area (Å²) >= 11 is 2.24. The molecule has 1 aliphatic heterocycles. The Kier molecular flexibility index (Phi) is 6.38. The van der Waals surface area contributed by atoms with Gasteiger partial charge < -0.3 is 15.2 Å². The van der Waals surface area contributed by atoms with Gasteiger partial charge in [0.05, 0.1) is 5.56 Å². The van der Waals surface area contributed by atoms with Crippen molar-refractivity contribution < 1.29 is 22.5 Å². The van der Waals surface area contributed by atoms with Gasteiger partial charge in [-0.2, -0.15) is 18.2 Å². The van der Waals surface area contributed by atoms with Crippen molar-refractivity contribution in [2.75, 3.05) is 11.9 Å². The number of urea groups is 1. The van der Waals surface area contributed by atoms with Crippen molar-refractivity contribution in [1.82, 2.24) is 20.8 Å². The molecule has 0 saturated heterocycles. The van der Waals surface area contributed by atoms with E-state index in [1.54, 1.807) is 6.92 Å². The second-order valence-electron chi connectivity index (χ2n) is 8.46. The number of alkyl halides is 3. The number of aromatic nitrogens is 2. The molecule has 0 spiro atoms. The van der Waals surface area contributed by atoms with Crippen molar-refractivity contribution in [1.29, 1.82) is 0 Å². The van der Waals surface area contributed by atoms with E-state index in [1.807, 2.05) is 0 Å². The van der Waals surface area contributed by atoms with Crippen LogP contribution >= 0.6 is 22.7 Å². The van der Waals surface area contributed by atoms with Gasteiger partial charge in [0.2, 0.25) is 0 Å². The lowest BCUT2D eigenvalue weighted by Gasteiger charge is -2.15. The highest BCUT2D eigenvalue weighted by atomic mass is 32.1. The highest BCUT2D eigenvalue weighted by Gasteiger charge is 2.38. The number of thiophene rings is 2. The Labute approximate surface area is 202 Å². The van der Waals surface area contributed by atoms with Gasteiger partial charge in [-0.25, -0.2) is 4.79 Å². The smallest absolute Gasteiger partial charge is 0.334 e. The van der Waals surface area contributed by atoms with Gasteiger partial charge in [-0.1, -0.05) is 11.6 Å². The van der Waals surface area contributed by atoms with Crippen LogP contribution in [0, 0.1) is 6.92 Å². The molecule has 0 radical (unpaired) electrons. The van der Waals surface area contributed by atoms with Gasteiger partial charge in [0.15, 0.2) is 5.82 Å². The van der Waals surface area contributed by atoms with Crippen LogP contribution in [0.4, 0.5) is 23.0 Å². The number of anilines is 1. The number of hydrogen-bond donors (Lipinski definition) is 3. The van der Waals surface area contributed by atoms with E-state index < -0.39 is 17.1 Å².